The number of aliphatic hydroxyl groups excluding tert-OH is 1. The molecule has 0 fully saturated rings. The number of hydrogen-bond donors (Lipinski definition) is 1. The Bertz CT molecular complexity index is 398. The van der Waals surface area contributed by atoms with Gasteiger partial charge in [0.2, 0.25) is 0 Å². The molecule has 0 heterocycles. The molecule has 1 rings (SSSR count). The molecule has 15 heavy (non-hydrogen) atoms. The summed E-state index contributed by atoms with van der Waals surface area (Å²) in [6.07, 6.45) is -0.316. The normalized spacial score (nSPS) is 11.9. The monoisotopic (exact) mass is 209 g/mol. The lowest BCUT2D eigenvalue weighted by molar-refractivity contribution is 0.168. The molecule has 0 radical (unpaired) electrons. The Balaban J connectivity index is 3.32. The topological polar surface area (TPSA) is 53.2 Å². The number of methoxy groups -OCH3 is 1. The number of nitrogens with zero attached hydrogens (tertiary/aromatic N) is 1. The van der Waals surface area contributed by atoms with Crippen LogP contribution in [0.5, 0.6) is 5.75 Å². The highest BCUT2D eigenvalue weighted by atomic mass is 19.1. The van der Waals surface area contributed by atoms with E-state index in [0.717, 1.165) is 0 Å². The standard InChI is InChI=1S/C11H12FNO2/c1-3-9(14)8-5-4-7(6-13)10(12)11(8)15-2/h4-5,9,14H,3H2,1-2H3. The molecular weight excluding hydrogens is 197 g/mol. The first kappa shape index (κ1) is 11.5. The second-order valence-corrected chi connectivity index (χ2v) is 3.09. The van der Waals surface area contributed by atoms with Gasteiger partial charge in [-0.05, 0) is 12.5 Å². The van der Waals surface area contributed by atoms with Crippen molar-refractivity contribution in [3.8, 4) is 11.8 Å². The first-order chi connectivity index (χ1) is 7.15. The summed E-state index contributed by atoms with van der Waals surface area (Å²) in [6.45, 7) is 1.78. The molecule has 4 heteroatoms. The van der Waals surface area contributed by atoms with Crippen LogP contribution in [-0.2, 0) is 0 Å². The molecule has 0 saturated heterocycles. The van der Waals surface area contributed by atoms with E-state index in [1.54, 1.807) is 13.0 Å². The van der Waals surface area contributed by atoms with E-state index >= 15 is 0 Å². The van der Waals surface area contributed by atoms with Gasteiger partial charge in [0.1, 0.15) is 6.07 Å². The molecule has 80 valence electrons. The third kappa shape index (κ3) is 2.08. The van der Waals surface area contributed by atoms with E-state index < -0.39 is 11.9 Å². The number of hydrogen-bond acceptors (Lipinski definition) is 3. The minimum absolute atomic E-state index is 0.0524. The summed E-state index contributed by atoms with van der Waals surface area (Å²) in [5, 5.41) is 18.2. The van der Waals surface area contributed by atoms with Crippen molar-refractivity contribution < 1.29 is 14.2 Å². The fourth-order valence-electron chi connectivity index (χ4n) is 1.35. The molecule has 0 bridgehead atoms. The van der Waals surface area contributed by atoms with Gasteiger partial charge in [0.05, 0.1) is 18.8 Å². The van der Waals surface area contributed by atoms with Crippen LogP contribution in [0.25, 0.3) is 0 Å². The Morgan fingerprint density at radius 2 is 2.27 bits per heavy atom. The Kier molecular flexibility index (Phi) is 3.64. The van der Waals surface area contributed by atoms with Crippen LogP contribution < -0.4 is 4.74 Å². The maximum Gasteiger partial charge on any atom is 0.183 e. The highest BCUT2D eigenvalue weighted by Crippen LogP contribution is 2.31. The van der Waals surface area contributed by atoms with E-state index in [-0.39, 0.29) is 11.3 Å². The second kappa shape index (κ2) is 4.76. The van der Waals surface area contributed by atoms with Gasteiger partial charge in [-0.15, -0.1) is 0 Å². The first-order valence-corrected chi connectivity index (χ1v) is 4.60. The maximum absolute atomic E-state index is 13.6. The van der Waals surface area contributed by atoms with Crippen LogP contribution in [0.1, 0.15) is 30.6 Å². The highest BCUT2D eigenvalue weighted by Gasteiger charge is 2.18. The zero-order valence-electron chi connectivity index (χ0n) is 8.62. The van der Waals surface area contributed by atoms with E-state index in [9.17, 15) is 9.50 Å². The lowest BCUT2D eigenvalue weighted by atomic mass is 10.0. The van der Waals surface area contributed by atoms with E-state index in [0.29, 0.717) is 12.0 Å². The van der Waals surface area contributed by atoms with Crippen molar-refractivity contribution in [2.45, 2.75) is 19.4 Å². The van der Waals surface area contributed by atoms with Crippen LogP contribution in [0.4, 0.5) is 4.39 Å². The highest BCUT2D eigenvalue weighted by molar-refractivity contribution is 5.45. The summed E-state index contributed by atoms with van der Waals surface area (Å²) < 4.78 is 18.4. The van der Waals surface area contributed by atoms with Crippen molar-refractivity contribution >= 4 is 0 Å². The molecule has 0 aromatic heterocycles. The van der Waals surface area contributed by atoms with Crippen molar-refractivity contribution in [1.29, 1.82) is 5.26 Å². The van der Waals surface area contributed by atoms with Gasteiger partial charge in [-0.2, -0.15) is 5.26 Å². The van der Waals surface area contributed by atoms with Gasteiger partial charge in [0.25, 0.3) is 0 Å². The summed E-state index contributed by atoms with van der Waals surface area (Å²) in [4.78, 5) is 0. The number of aliphatic hydroxyl groups is 1. The number of rotatable bonds is 3. The SMILES string of the molecule is CCC(O)c1ccc(C#N)c(F)c1OC. The van der Waals surface area contributed by atoms with Gasteiger partial charge in [-0.1, -0.05) is 13.0 Å². The van der Waals surface area contributed by atoms with E-state index in [1.165, 1.54) is 19.2 Å². The average Bonchev–Trinajstić information content (AvgIpc) is 2.27. The van der Waals surface area contributed by atoms with Crippen LogP contribution in [0.15, 0.2) is 12.1 Å². The van der Waals surface area contributed by atoms with Crippen LogP contribution in [0.3, 0.4) is 0 Å². The Morgan fingerprint density at radius 3 is 2.73 bits per heavy atom. The smallest absolute Gasteiger partial charge is 0.183 e. The lowest BCUT2D eigenvalue weighted by Crippen LogP contribution is -2.02. The van der Waals surface area contributed by atoms with Crippen LogP contribution >= 0.6 is 0 Å². The number of ether oxygens (including phenoxy) is 1. The van der Waals surface area contributed by atoms with Gasteiger partial charge < -0.3 is 9.84 Å². The van der Waals surface area contributed by atoms with Gasteiger partial charge in [0.15, 0.2) is 11.6 Å². The number of halogens is 1. The van der Waals surface area contributed by atoms with Crippen molar-refractivity contribution in [2.75, 3.05) is 7.11 Å². The van der Waals surface area contributed by atoms with Crippen LogP contribution in [0, 0.1) is 17.1 Å². The van der Waals surface area contributed by atoms with Gasteiger partial charge in [-0.3, -0.25) is 0 Å². The molecule has 0 spiro atoms. The average molecular weight is 209 g/mol. The molecule has 1 atom stereocenters. The zero-order chi connectivity index (χ0) is 11.4. The molecule has 0 aliphatic carbocycles. The van der Waals surface area contributed by atoms with Crippen molar-refractivity contribution in [3.05, 3.63) is 29.1 Å². The Morgan fingerprint density at radius 1 is 1.60 bits per heavy atom. The van der Waals surface area contributed by atoms with E-state index in [2.05, 4.69) is 0 Å². The second-order valence-electron chi connectivity index (χ2n) is 3.09. The fraction of sp³-hybridized carbons (Fsp3) is 0.364. The molecule has 1 aromatic rings. The third-order valence-electron chi connectivity index (χ3n) is 2.20. The molecule has 0 saturated carbocycles. The quantitative estimate of drug-likeness (QED) is 0.829. The third-order valence-corrected chi connectivity index (χ3v) is 2.20. The molecule has 0 aliphatic heterocycles. The zero-order valence-corrected chi connectivity index (χ0v) is 8.62. The van der Waals surface area contributed by atoms with E-state index in [1.807, 2.05) is 0 Å². The molecule has 3 nitrogen and oxygen atoms in total. The summed E-state index contributed by atoms with van der Waals surface area (Å²) in [5.74, 6) is -0.770. The minimum atomic E-state index is -0.776. The maximum atomic E-state index is 13.6. The molecule has 1 N–H and O–H groups in total. The summed E-state index contributed by atoms with van der Waals surface area (Å²) in [6, 6.07) is 4.57. The largest absolute Gasteiger partial charge is 0.493 e. The number of nitriles is 1. The molecule has 0 amide bonds. The predicted molar refractivity (Wildman–Crippen MR) is 52.9 cm³/mol. The lowest BCUT2D eigenvalue weighted by Gasteiger charge is -2.14. The fourth-order valence-corrected chi connectivity index (χ4v) is 1.35. The Labute approximate surface area is 87.7 Å². The predicted octanol–water partition coefficient (Wildman–Crippen LogP) is 2.15. The minimum Gasteiger partial charge on any atom is -0.493 e. The van der Waals surface area contributed by atoms with Gasteiger partial charge >= 0.3 is 0 Å². The number of benzene rings is 1. The van der Waals surface area contributed by atoms with Crippen molar-refractivity contribution in [3.63, 3.8) is 0 Å². The van der Waals surface area contributed by atoms with Crippen LogP contribution in [-0.4, -0.2) is 12.2 Å². The van der Waals surface area contributed by atoms with E-state index in [4.69, 9.17) is 10.00 Å². The Hall–Kier alpha value is -1.60. The summed E-state index contributed by atoms with van der Waals surface area (Å²) >= 11 is 0. The summed E-state index contributed by atoms with van der Waals surface area (Å²) in [5.41, 5.74) is 0.287. The molecule has 1 aromatic carbocycles. The summed E-state index contributed by atoms with van der Waals surface area (Å²) in [7, 11) is 1.31. The van der Waals surface area contributed by atoms with Crippen LogP contribution in [0.2, 0.25) is 0 Å². The van der Waals surface area contributed by atoms with Crippen molar-refractivity contribution in [1.82, 2.24) is 0 Å². The van der Waals surface area contributed by atoms with Crippen molar-refractivity contribution in [2.24, 2.45) is 0 Å². The van der Waals surface area contributed by atoms with Gasteiger partial charge in [0, 0.05) is 5.56 Å². The van der Waals surface area contributed by atoms with Gasteiger partial charge in [-0.25, -0.2) is 4.39 Å². The molecular formula is C11H12FNO2. The molecule has 0 aliphatic rings. The first-order valence-electron chi connectivity index (χ1n) is 4.60. The molecule has 1 unspecified atom stereocenters.